The van der Waals surface area contributed by atoms with E-state index in [9.17, 15) is 4.79 Å². The van der Waals surface area contributed by atoms with Crippen LogP contribution >= 0.6 is 0 Å². The summed E-state index contributed by atoms with van der Waals surface area (Å²) in [6.07, 6.45) is 3.52. The standard InChI is InChI=1S/C11H14N2O3/c1-13(2)10-5-9(16-7-3-4-7)8(6-12-10)11(14)15/h5-7H,3-4H2,1-2H3,(H,14,15). The summed E-state index contributed by atoms with van der Waals surface area (Å²) >= 11 is 0. The maximum atomic E-state index is 11.0. The summed E-state index contributed by atoms with van der Waals surface area (Å²) in [4.78, 5) is 16.8. The van der Waals surface area contributed by atoms with Crippen LogP contribution in [-0.4, -0.2) is 36.3 Å². The minimum Gasteiger partial charge on any atom is -0.489 e. The van der Waals surface area contributed by atoms with E-state index in [-0.39, 0.29) is 11.7 Å². The molecule has 1 aliphatic rings. The smallest absolute Gasteiger partial charge is 0.341 e. The molecule has 16 heavy (non-hydrogen) atoms. The summed E-state index contributed by atoms with van der Waals surface area (Å²) in [6.45, 7) is 0. The summed E-state index contributed by atoms with van der Waals surface area (Å²) in [7, 11) is 3.70. The van der Waals surface area contributed by atoms with Gasteiger partial charge in [-0.05, 0) is 12.8 Å². The van der Waals surface area contributed by atoms with Crippen LogP contribution in [0.3, 0.4) is 0 Å². The molecule has 1 aromatic rings. The molecule has 0 atom stereocenters. The highest BCUT2D eigenvalue weighted by Gasteiger charge is 2.26. The van der Waals surface area contributed by atoms with Crippen molar-refractivity contribution in [2.45, 2.75) is 18.9 Å². The van der Waals surface area contributed by atoms with Gasteiger partial charge in [-0.25, -0.2) is 9.78 Å². The Bertz CT molecular complexity index is 414. The first-order valence-electron chi connectivity index (χ1n) is 5.15. The van der Waals surface area contributed by atoms with E-state index in [1.807, 2.05) is 19.0 Å². The number of nitrogens with zero attached hydrogens (tertiary/aromatic N) is 2. The van der Waals surface area contributed by atoms with Crippen LogP contribution in [0.15, 0.2) is 12.3 Å². The fourth-order valence-electron chi connectivity index (χ4n) is 1.29. The molecule has 0 bridgehead atoms. The number of hydrogen-bond acceptors (Lipinski definition) is 4. The lowest BCUT2D eigenvalue weighted by molar-refractivity contribution is 0.0691. The molecule has 0 aliphatic heterocycles. The highest BCUT2D eigenvalue weighted by atomic mass is 16.5. The van der Waals surface area contributed by atoms with Crippen LogP contribution < -0.4 is 9.64 Å². The zero-order chi connectivity index (χ0) is 11.7. The van der Waals surface area contributed by atoms with Crippen LogP contribution in [0.1, 0.15) is 23.2 Å². The second-order valence-electron chi connectivity index (χ2n) is 4.06. The normalized spacial score (nSPS) is 14.6. The lowest BCUT2D eigenvalue weighted by Crippen LogP contribution is -2.13. The van der Waals surface area contributed by atoms with Gasteiger partial charge < -0.3 is 14.7 Å². The maximum Gasteiger partial charge on any atom is 0.341 e. The number of pyridine rings is 1. The summed E-state index contributed by atoms with van der Waals surface area (Å²) in [5.74, 6) is 0.0998. The lowest BCUT2D eigenvalue weighted by Gasteiger charge is -2.14. The second-order valence-corrected chi connectivity index (χ2v) is 4.06. The largest absolute Gasteiger partial charge is 0.489 e. The van der Waals surface area contributed by atoms with Gasteiger partial charge in [0.15, 0.2) is 0 Å². The zero-order valence-electron chi connectivity index (χ0n) is 9.30. The Morgan fingerprint density at radius 1 is 1.56 bits per heavy atom. The van der Waals surface area contributed by atoms with E-state index >= 15 is 0 Å². The van der Waals surface area contributed by atoms with Crippen LogP contribution in [0.25, 0.3) is 0 Å². The Labute approximate surface area is 93.7 Å². The minimum atomic E-state index is -1.01. The van der Waals surface area contributed by atoms with Crippen molar-refractivity contribution in [1.82, 2.24) is 4.98 Å². The van der Waals surface area contributed by atoms with Crippen molar-refractivity contribution < 1.29 is 14.6 Å². The Balaban J connectivity index is 2.33. The highest BCUT2D eigenvalue weighted by molar-refractivity contribution is 5.90. The van der Waals surface area contributed by atoms with Crippen molar-refractivity contribution in [2.75, 3.05) is 19.0 Å². The summed E-state index contributed by atoms with van der Waals surface area (Å²) in [5.41, 5.74) is 0.123. The van der Waals surface area contributed by atoms with Crippen molar-refractivity contribution in [2.24, 2.45) is 0 Å². The van der Waals surface area contributed by atoms with E-state index in [0.29, 0.717) is 11.6 Å². The van der Waals surface area contributed by atoms with E-state index in [1.54, 1.807) is 6.07 Å². The van der Waals surface area contributed by atoms with Gasteiger partial charge in [-0.1, -0.05) is 0 Å². The maximum absolute atomic E-state index is 11.0. The number of rotatable bonds is 4. The molecule has 1 N–H and O–H groups in total. The van der Waals surface area contributed by atoms with Crippen molar-refractivity contribution in [3.05, 3.63) is 17.8 Å². The first-order chi connectivity index (χ1) is 7.58. The fourth-order valence-corrected chi connectivity index (χ4v) is 1.29. The molecular weight excluding hydrogens is 208 g/mol. The van der Waals surface area contributed by atoms with Gasteiger partial charge in [0, 0.05) is 26.4 Å². The van der Waals surface area contributed by atoms with Crippen LogP contribution in [-0.2, 0) is 0 Å². The topological polar surface area (TPSA) is 62.7 Å². The second kappa shape index (κ2) is 4.00. The molecule has 1 heterocycles. The number of ether oxygens (including phenoxy) is 1. The number of carbonyl (C=O) groups is 1. The molecule has 0 aromatic carbocycles. The molecule has 0 spiro atoms. The Kier molecular flexibility index (Phi) is 2.68. The molecule has 0 unspecified atom stereocenters. The van der Waals surface area contributed by atoms with E-state index < -0.39 is 5.97 Å². The van der Waals surface area contributed by atoms with Crippen molar-refractivity contribution in [1.29, 1.82) is 0 Å². The van der Waals surface area contributed by atoms with Gasteiger partial charge in [0.2, 0.25) is 0 Å². The molecule has 0 amide bonds. The summed E-state index contributed by atoms with van der Waals surface area (Å²) in [5, 5.41) is 8.99. The highest BCUT2D eigenvalue weighted by Crippen LogP contribution is 2.30. The number of aromatic carboxylic acids is 1. The monoisotopic (exact) mass is 222 g/mol. The van der Waals surface area contributed by atoms with Crippen LogP contribution in [0.4, 0.5) is 5.82 Å². The molecule has 86 valence electrons. The third-order valence-corrected chi connectivity index (χ3v) is 2.36. The quantitative estimate of drug-likeness (QED) is 0.834. The van der Waals surface area contributed by atoms with Crippen LogP contribution in [0.5, 0.6) is 5.75 Å². The molecule has 0 radical (unpaired) electrons. The number of carboxylic acid groups (broad SMARTS) is 1. The van der Waals surface area contributed by atoms with Gasteiger partial charge in [-0.15, -0.1) is 0 Å². The van der Waals surface area contributed by atoms with Gasteiger partial charge in [-0.3, -0.25) is 0 Å². The molecule has 2 rings (SSSR count). The number of aromatic nitrogens is 1. The van der Waals surface area contributed by atoms with Gasteiger partial charge >= 0.3 is 5.97 Å². The Morgan fingerprint density at radius 3 is 2.75 bits per heavy atom. The van der Waals surface area contributed by atoms with E-state index in [0.717, 1.165) is 12.8 Å². The molecule has 1 aliphatic carbocycles. The zero-order valence-corrected chi connectivity index (χ0v) is 9.30. The fraction of sp³-hybridized carbons (Fsp3) is 0.455. The number of carboxylic acids is 1. The van der Waals surface area contributed by atoms with Crippen LogP contribution in [0, 0.1) is 0 Å². The van der Waals surface area contributed by atoms with Crippen molar-refractivity contribution >= 4 is 11.8 Å². The van der Waals surface area contributed by atoms with Crippen molar-refractivity contribution in [3.8, 4) is 5.75 Å². The molecule has 5 heteroatoms. The Hall–Kier alpha value is -1.78. The van der Waals surface area contributed by atoms with Crippen LogP contribution in [0.2, 0.25) is 0 Å². The molecule has 1 saturated carbocycles. The molecular formula is C11H14N2O3. The Morgan fingerprint density at radius 2 is 2.25 bits per heavy atom. The average molecular weight is 222 g/mol. The van der Waals surface area contributed by atoms with Gasteiger partial charge in [0.05, 0.1) is 6.10 Å². The molecule has 1 aromatic heterocycles. The molecule has 1 fully saturated rings. The van der Waals surface area contributed by atoms with Crippen molar-refractivity contribution in [3.63, 3.8) is 0 Å². The molecule has 5 nitrogen and oxygen atoms in total. The predicted octanol–water partition coefficient (Wildman–Crippen LogP) is 1.39. The third kappa shape index (κ3) is 2.24. The van der Waals surface area contributed by atoms with Gasteiger partial charge in [0.1, 0.15) is 17.1 Å². The van der Waals surface area contributed by atoms with E-state index in [1.165, 1.54) is 6.20 Å². The number of anilines is 1. The van der Waals surface area contributed by atoms with Gasteiger partial charge in [0.25, 0.3) is 0 Å². The molecule has 0 saturated heterocycles. The summed E-state index contributed by atoms with van der Waals surface area (Å²) in [6, 6.07) is 1.67. The minimum absolute atomic E-state index is 0.123. The van der Waals surface area contributed by atoms with Gasteiger partial charge in [-0.2, -0.15) is 0 Å². The average Bonchev–Trinajstić information content (AvgIpc) is 3.01. The SMILES string of the molecule is CN(C)c1cc(OC2CC2)c(C(=O)O)cn1. The first kappa shape index (κ1) is 10.7. The van der Waals surface area contributed by atoms with E-state index in [2.05, 4.69) is 4.98 Å². The number of hydrogen-bond donors (Lipinski definition) is 1. The first-order valence-corrected chi connectivity index (χ1v) is 5.15. The predicted molar refractivity (Wildman–Crippen MR) is 59.2 cm³/mol. The summed E-state index contributed by atoms with van der Waals surface area (Å²) < 4.78 is 5.56. The lowest BCUT2D eigenvalue weighted by atomic mass is 10.2. The third-order valence-electron chi connectivity index (χ3n) is 2.36. The van der Waals surface area contributed by atoms with E-state index in [4.69, 9.17) is 9.84 Å².